The van der Waals surface area contributed by atoms with Gasteiger partial charge in [0, 0.05) is 19.6 Å². The van der Waals surface area contributed by atoms with Crippen molar-refractivity contribution in [1.82, 2.24) is 4.90 Å². The fraction of sp³-hybridized carbons (Fsp3) is 0.217. The summed E-state index contributed by atoms with van der Waals surface area (Å²) >= 11 is 0. The maximum absolute atomic E-state index is 13.2. The number of halogens is 1. The molecule has 0 saturated carbocycles. The van der Waals surface area contributed by atoms with Gasteiger partial charge in [-0.3, -0.25) is 4.90 Å². The number of rotatable bonds is 9. The molecule has 0 aliphatic heterocycles. The molecule has 0 amide bonds. The second kappa shape index (κ2) is 9.86. The molecule has 3 aromatic carbocycles. The number of nitrogens with zero attached hydrogens (tertiary/aromatic N) is 1. The summed E-state index contributed by atoms with van der Waals surface area (Å²) in [5.74, 6) is 0.495. The van der Waals surface area contributed by atoms with Crippen LogP contribution in [0.3, 0.4) is 0 Å². The van der Waals surface area contributed by atoms with E-state index >= 15 is 0 Å². The molecule has 0 heterocycles. The monoisotopic (exact) mass is 365 g/mol. The number of hydrogen-bond acceptors (Lipinski definition) is 3. The summed E-state index contributed by atoms with van der Waals surface area (Å²) < 4.78 is 18.8. The van der Waals surface area contributed by atoms with Crippen molar-refractivity contribution in [2.45, 2.75) is 19.2 Å². The summed E-state index contributed by atoms with van der Waals surface area (Å²) in [6.45, 7) is 2.00. The van der Waals surface area contributed by atoms with Gasteiger partial charge in [0.15, 0.2) is 0 Å². The Hall–Kier alpha value is -2.69. The second-order valence-electron chi connectivity index (χ2n) is 6.56. The molecule has 27 heavy (non-hydrogen) atoms. The number of benzene rings is 3. The molecule has 0 unspecified atom stereocenters. The van der Waals surface area contributed by atoms with Gasteiger partial charge >= 0.3 is 0 Å². The van der Waals surface area contributed by atoms with Crippen LogP contribution in [0.25, 0.3) is 0 Å². The maximum atomic E-state index is 13.2. The van der Waals surface area contributed by atoms with Crippen molar-refractivity contribution in [3.8, 4) is 5.75 Å². The fourth-order valence-corrected chi connectivity index (χ4v) is 2.93. The van der Waals surface area contributed by atoms with Gasteiger partial charge in [-0.2, -0.15) is 0 Å². The number of aliphatic hydroxyl groups excluding tert-OH is 1. The third-order valence-corrected chi connectivity index (χ3v) is 4.22. The molecule has 0 aliphatic rings. The van der Waals surface area contributed by atoms with Crippen molar-refractivity contribution in [3.05, 3.63) is 102 Å². The fourth-order valence-electron chi connectivity index (χ4n) is 2.93. The molecule has 0 aromatic heterocycles. The molecule has 1 atom stereocenters. The minimum Gasteiger partial charge on any atom is -0.491 e. The minimum atomic E-state index is -0.630. The van der Waals surface area contributed by atoms with Gasteiger partial charge in [0.1, 0.15) is 24.3 Å². The average Bonchev–Trinajstić information content (AvgIpc) is 2.70. The first kappa shape index (κ1) is 19.1. The second-order valence-corrected chi connectivity index (χ2v) is 6.56. The van der Waals surface area contributed by atoms with Crippen LogP contribution in [0.1, 0.15) is 11.1 Å². The van der Waals surface area contributed by atoms with Crippen LogP contribution in [-0.4, -0.2) is 29.3 Å². The molecule has 0 fully saturated rings. The zero-order valence-electron chi connectivity index (χ0n) is 15.2. The first-order chi connectivity index (χ1) is 13.2. The molecule has 3 nitrogen and oxygen atoms in total. The standard InChI is InChI=1S/C23H24FNO2/c24-21-13-11-20(12-14-21)16-25(15-19-7-3-1-4-8-19)17-22(26)18-27-23-9-5-2-6-10-23/h1-14,22,26H,15-18H2/t22-/m0/s1. The van der Waals surface area contributed by atoms with E-state index in [-0.39, 0.29) is 12.4 Å². The van der Waals surface area contributed by atoms with Crippen LogP contribution in [0.15, 0.2) is 84.9 Å². The lowest BCUT2D eigenvalue weighted by Crippen LogP contribution is -2.35. The van der Waals surface area contributed by atoms with Crippen LogP contribution in [-0.2, 0) is 13.1 Å². The summed E-state index contributed by atoms with van der Waals surface area (Å²) in [4.78, 5) is 2.14. The van der Waals surface area contributed by atoms with Crippen LogP contribution < -0.4 is 4.74 Å². The smallest absolute Gasteiger partial charge is 0.123 e. The molecule has 1 N–H and O–H groups in total. The maximum Gasteiger partial charge on any atom is 0.123 e. The lowest BCUT2D eigenvalue weighted by atomic mass is 10.1. The number of para-hydroxylation sites is 1. The van der Waals surface area contributed by atoms with E-state index in [2.05, 4.69) is 17.0 Å². The van der Waals surface area contributed by atoms with E-state index in [1.807, 2.05) is 48.5 Å². The van der Waals surface area contributed by atoms with Crippen molar-refractivity contribution in [3.63, 3.8) is 0 Å². The normalized spacial score (nSPS) is 12.1. The lowest BCUT2D eigenvalue weighted by Gasteiger charge is -2.25. The zero-order valence-corrected chi connectivity index (χ0v) is 15.2. The summed E-state index contributed by atoms with van der Waals surface area (Å²) in [5, 5.41) is 10.5. The Kier molecular flexibility index (Phi) is 6.97. The topological polar surface area (TPSA) is 32.7 Å². The molecule has 0 aliphatic carbocycles. The minimum absolute atomic E-state index is 0.221. The summed E-state index contributed by atoms with van der Waals surface area (Å²) in [5.41, 5.74) is 2.17. The number of hydrogen-bond donors (Lipinski definition) is 1. The van der Waals surface area contributed by atoms with Crippen molar-refractivity contribution in [2.75, 3.05) is 13.2 Å². The Morgan fingerprint density at radius 3 is 1.96 bits per heavy atom. The lowest BCUT2D eigenvalue weighted by molar-refractivity contribution is 0.0628. The van der Waals surface area contributed by atoms with Gasteiger partial charge in [-0.15, -0.1) is 0 Å². The highest BCUT2D eigenvalue weighted by atomic mass is 19.1. The summed E-state index contributed by atoms with van der Waals surface area (Å²) in [6.07, 6.45) is -0.630. The molecule has 140 valence electrons. The molecule has 0 spiro atoms. The Morgan fingerprint density at radius 1 is 0.778 bits per heavy atom. The Bertz CT molecular complexity index is 794. The van der Waals surface area contributed by atoms with Gasteiger partial charge in [-0.25, -0.2) is 4.39 Å². The van der Waals surface area contributed by atoms with Crippen LogP contribution in [0, 0.1) is 5.82 Å². The molecule has 0 bridgehead atoms. The highest BCUT2D eigenvalue weighted by Gasteiger charge is 2.14. The summed E-state index contributed by atoms with van der Waals surface area (Å²) in [7, 11) is 0. The van der Waals surface area contributed by atoms with E-state index in [0.29, 0.717) is 19.6 Å². The Morgan fingerprint density at radius 2 is 1.33 bits per heavy atom. The molecular weight excluding hydrogens is 341 g/mol. The molecular formula is C23H24FNO2. The molecule has 3 aromatic rings. The number of aliphatic hydroxyl groups is 1. The molecule has 3 rings (SSSR count). The van der Waals surface area contributed by atoms with Gasteiger partial charge in [-0.05, 0) is 35.4 Å². The molecule has 0 saturated heterocycles. The van der Waals surface area contributed by atoms with Crippen LogP contribution in [0.4, 0.5) is 4.39 Å². The Labute approximate surface area is 159 Å². The van der Waals surface area contributed by atoms with E-state index in [0.717, 1.165) is 16.9 Å². The van der Waals surface area contributed by atoms with Crippen molar-refractivity contribution in [2.24, 2.45) is 0 Å². The van der Waals surface area contributed by atoms with Gasteiger partial charge < -0.3 is 9.84 Å². The van der Waals surface area contributed by atoms with E-state index in [4.69, 9.17) is 4.74 Å². The zero-order chi connectivity index (χ0) is 18.9. The third-order valence-electron chi connectivity index (χ3n) is 4.22. The summed E-state index contributed by atoms with van der Waals surface area (Å²) in [6, 6.07) is 26.0. The van der Waals surface area contributed by atoms with Crippen LogP contribution in [0.2, 0.25) is 0 Å². The quantitative estimate of drug-likeness (QED) is 0.615. The number of ether oxygens (including phenoxy) is 1. The van der Waals surface area contributed by atoms with E-state index < -0.39 is 6.10 Å². The van der Waals surface area contributed by atoms with Gasteiger partial charge in [-0.1, -0.05) is 60.7 Å². The average molecular weight is 365 g/mol. The predicted octanol–water partition coefficient (Wildman–Crippen LogP) is 4.27. The predicted molar refractivity (Wildman–Crippen MR) is 105 cm³/mol. The van der Waals surface area contributed by atoms with E-state index in [1.165, 1.54) is 12.1 Å². The first-order valence-electron chi connectivity index (χ1n) is 9.06. The van der Waals surface area contributed by atoms with Gasteiger partial charge in [0.2, 0.25) is 0 Å². The van der Waals surface area contributed by atoms with Gasteiger partial charge in [0.25, 0.3) is 0 Å². The largest absolute Gasteiger partial charge is 0.491 e. The van der Waals surface area contributed by atoms with E-state index in [1.54, 1.807) is 12.1 Å². The molecule has 4 heteroatoms. The van der Waals surface area contributed by atoms with Crippen LogP contribution >= 0.6 is 0 Å². The highest BCUT2D eigenvalue weighted by molar-refractivity contribution is 5.21. The first-order valence-corrected chi connectivity index (χ1v) is 9.06. The SMILES string of the molecule is O[C@H](COc1ccccc1)CN(Cc1ccccc1)Cc1ccc(F)cc1. The Balaban J connectivity index is 1.62. The highest BCUT2D eigenvalue weighted by Crippen LogP contribution is 2.13. The third kappa shape index (κ3) is 6.51. The van der Waals surface area contributed by atoms with Crippen molar-refractivity contribution < 1.29 is 14.2 Å². The van der Waals surface area contributed by atoms with Crippen LogP contribution in [0.5, 0.6) is 5.75 Å². The van der Waals surface area contributed by atoms with Crippen molar-refractivity contribution in [1.29, 1.82) is 0 Å². The van der Waals surface area contributed by atoms with E-state index in [9.17, 15) is 9.50 Å². The molecule has 0 radical (unpaired) electrons. The van der Waals surface area contributed by atoms with Crippen molar-refractivity contribution >= 4 is 0 Å². The van der Waals surface area contributed by atoms with Gasteiger partial charge in [0.05, 0.1) is 0 Å².